The van der Waals surface area contributed by atoms with E-state index in [0.717, 1.165) is 18.4 Å². The maximum Gasteiger partial charge on any atom is 0.345 e. The largest absolute Gasteiger partial charge is 0.510 e. The minimum atomic E-state index is -0.658. The molecule has 2 N–H and O–H groups in total. The first kappa shape index (κ1) is 19.4. The number of hydrogen-bond acceptors (Lipinski definition) is 8. The Labute approximate surface area is 171 Å². The molecule has 2 heterocycles. The molecule has 0 saturated heterocycles. The van der Waals surface area contributed by atoms with Crippen molar-refractivity contribution < 1.29 is 14.6 Å². The maximum absolute atomic E-state index is 12.4. The van der Waals surface area contributed by atoms with Gasteiger partial charge in [-0.05, 0) is 35.4 Å². The number of aromatic nitrogens is 6. The number of ether oxygens (including phenoxy) is 1. The third-order valence-corrected chi connectivity index (χ3v) is 5.97. The van der Waals surface area contributed by atoms with Gasteiger partial charge < -0.3 is 14.8 Å². The Hall–Kier alpha value is -2.88. The van der Waals surface area contributed by atoms with E-state index in [-0.39, 0.29) is 29.0 Å². The van der Waals surface area contributed by atoms with Crippen molar-refractivity contribution in [2.75, 3.05) is 12.9 Å². The molecule has 1 fully saturated rings. The summed E-state index contributed by atoms with van der Waals surface area (Å²) >= 11 is 1.28. The number of esters is 1. The van der Waals surface area contributed by atoms with Crippen LogP contribution in [0, 0.1) is 0 Å². The standard InChI is InChI=1S/C19H22N6O3S/c1-28-18(27)16(17-20-13-9-5-6-10-14(13)21-17)15(26)11-29-19-22-23-24-25(19)12-7-3-2-4-8-12/h5-6,9-10,12,26H,2-4,7-8,11H2,1H3,(H,20,21)/b16-15+. The predicted octanol–water partition coefficient (Wildman–Crippen LogP) is 3.29. The Morgan fingerprint density at radius 1 is 1.31 bits per heavy atom. The van der Waals surface area contributed by atoms with Gasteiger partial charge in [0.25, 0.3) is 0 Å². The average molecular weight is 414 g/mol. The molecule has 2 aromatic heterocycles. The van der Waals surface area contributed by atoms with Crippen molar-refractivity contribution in [2.45, 2.75) is 43.3 Å². The highest BCUT2D eigenvalue weighted by Gasteiger charge is 2.24. The van der Waals surface area contributed by atoms with E-state index in [1.165, 1.54) is 38.1 Å². The van der Waals surface area contributed by atoms with Crippen molar-refractivity contribution in [1.82, 2.24) is 30.2 Å². The van der Waals surface area contributed by atoms with E-state index in [4.69, 9.17) is 4.74 Å². The van der Waals surface area contributed by atoms with Crippen LogP contribution >= 0.6 is 11.8 Å². The summed E-state index contributed by atoms with van der Waals surface area (Å²) in [5.74, 6) is -0.412. The summed E-state index contributed by atoms with van der Waals surface area (Å²) in [4.78, 5) is 19.8. The van der Waals surface area contributed by atoms with Crippen molar-refractivity contribution in [3.8, 4) is 0 Å². The highest BCUT2D eigenvalue weighted by molar-refractivity contribution is 7.99. The molecular formula is C19H22N6O3S. The molecule has 1 saturated carbocycles. The van der Waals surface area contributed by atoms with Gasteiger partial charge >= 0.3 is 5.97 Å². The van der Waals surface area contributed by atoms with E-state index in [0.29, 0.717) is 10.7 Å². The third kappa shape index (κ3) is 4.12. The SMILES string of the molecule is COC(=O)/C(=C(/O)CSc1nnnn1C1CCCCC1)c1nc2ccccc2[nH]1. The molecule has 1 aliphatic carbocycles. The van der Waals surface area contributed by atoms with Gasteiger partial charge in [0.05, 0.1) is 29.9 Å². The normalized spacial score (nSPS) is 16.0. The predicted molar refractivity (Wildman–Crippen MR) is 108 cm³/mol. The minimum absolute atomic E-state index is 0.00731. The van der Waals surface area contributed by atoms with Gasteiger partial charge in [0.1, 0.15) is 17.2 Å². The number of thioether (sulfide) groups is 1. The van der Waals surface area contributed by atoms with Gasteiger partial charge in [-0.25, -0.2) is 14.5 Å². The van der Waals surface area contributed by atoms with Gasteiger partial charge in [0.2, 0.25) is 5.16 Å². The lowest BCUT2D eigenvalue weighted by Gasteiger charge is -2.21. The number of para-hydroxylation sites is 2. The van der Waals surface area contributed by atoms with Crippen LogP contribution in [0.1, 0.15) is 44.0 Å². The molecule has 0 aliphatic heterocycles. The Balaban J connectivity index is 1.58. The molecule has 29 heavy (non-hydrogen) atoms. The number of nitrogens with one attached hydrogen (secondary N) is 1. The van der Waals surface area contributed by atoms with Crippen LogP contribution < -0.4 is 0 Å². The van der Waals surface area contributed by atoms with Crippen LogP contribution in [-0.2, 0) is 9.53 Å². The van der Waals surface area contributed by atoms with Crippen LogP contribution in [0.5, 0.6) is 0 Å². The van der Waals surface area contributed by atoms with Crippen LogP contribution in [0.4, 0.5) is 0 Å². The second kappa shape index (κ2) is 8.64. The first-order valence-electron chi connectivity index (χ1n) is 9.53. The zero-order valence-electron chi connectivity index (χ0n) is 16.0. The summed E-state index contributed by atoms with van der Waals surface area (Å²) in [6, 6.07) is 7.68. The summed E-state index contributed by atoms with van der Waals surface area (Å²) in [6.07, 6.45) is 5.67. The highest BCUT2D eigenvalue weighted by atomic mass is 32.2. The molecule has 4 rings (SSSR count). The monoisotopic (exact) mass is 414 g/mol. The lowest BCUT2D eigenvalue weighted by molar-refractivity contribution is -0.133. The lowest BCUT2D eigenvalue weighted by Crippen LogP contribution is -2.15. The van der Waals surface area contributed by atoms with Crippen LogP contribution in [0.15, 0.2) is 35.2 Å². The second-order valence-corrected chi connectivity index (χ2v) is 7.84. The van der Waals surface area contributed by atoms with Gasteiger partial charge in [-0.15, -0.1) is 5.10 Å². The van der Waals surface area contributed by atoms with Gasteiger partial charge in [-0.3, -0.25) is 0 Å². The fourth-order valence-corrected chi connectivity index (χ4v) is 4.39. The van der Waals surface area contributed by atoms with Gasteiger partial charge in [-0.2, -0.15) is 0 Å². The molecule has 0 bridgehead atoms. The second-order valence-electron chi connectivity index (χ2n) is 6.90. The zero-order valence-corrected chi connectivity index (χ0v) is 16.9. The summed E-state index contributed by atoms with van der Waals surface area (Å²) in [6.45, 7) is 0. The van der Waals surface area contributed by atoms with Crippen LogP contribution in [0.2, 0.25) is 0 Å². The molecule has 0 unspecified atom stereocenters. The molecule has 1 aliphatic rings. The maximum atomic E-state index is 12.4. The van der Waals surface area contributed by atoms with Crippen LogP contribution in [0.25, 0.3) is 16.6 Å². The number of benzene rings is 1. The Bertz CT molecular complexity index is 1000. The number of tetrazole rings is 1. The Kier molecular flexibility index (Phi) is 5.79. The van der Waals surface area contributed by atoms with Crippen molar-refractivity contribution >= 4 is 34.3 Å². The minimum Gasteiger partial charge on any atom is -0.510 e. The summed E-state index contributed by atoms with van der Waals surface area (Å²) in [5, 5.41) is 23.3. The molecule has 0 radical (unpaired) electrons. The molecule has 0 amide bonds. The number of fused-ring (bicyclic) bond motifs is 1. The molecule has 0 spiro atoms. The van der Waals surface area contributed by atoms with Crippen LogP contribution in [0.3, 0.4) is 0 Å². The number of imidazole rings is 1. The number of H-pyrrole nitrogens is 1. The third-order valence-electron chi connectivity index (χ3n) is 5.03. The molecule has 9 nitrogen and oxygen atoms in total. The zero-order chi connectivity index (χ0) is 20.2. The van der Waals surface area contributed by atoms with Gasteiger partial charge in [-0.1, -0.05) is 43.2 Å². The average Bonchev–Trinajstić information content (AvgIpc) is 3.39. The van der Waals surface area contributed by atoms with E-state index < -0.39 is 5.97 Å². The first-order chi connectivity index (χ1) is 14.2. The fraction of sp³-hybridized carbons (Fsp3) is 0.421. The number of nitrogens with zero attached hydrogens (tertiary/aromatic N) is 5. The Morgan fingerprint density at radius 3 is 2.86 bits per heavy atom. The van der Waals surface area contributed by atoms with E-state index >= 15 is 0 Å². The number of hydrogen-bond donors (Lipinski definition) is 2. The molecule has 3 aromatic rings. The number of aliphatic hydroxyl groups is 1. The molecule has 10 heteroatoms. The summed E-state index contributed by atoms with van der Waals surface area (Å²) < 4.78 is 6.70. The topological polar surface area (TPSA) is 119 Å². The first-order valence-corrected chi connectivity index (χ1v) is 10.5. The van der Waals surface area contributed by atoms with E-state index in [1.54, 1.807) is 0 Å². The number of aromatic amines is 1. The lowest BCUT2D eigenvalue weighted by atomic mass is 9.96. The Morgan fingerprint density at radius 2 is 2.10 bits per heavy atom. The summed E-state index contributed by atoms with van der Waals surface area (Å²) in [5.41, 5.74) is 1.48. The molecule has 0 atom stereocenters. The van der Waals surface area contributed by atoms with E-state index in [2.05, 4.69) is 25.5 Å². The highest BCUT2D eigenvalue weighted by Crippen LogP contribution is 2.31. The van der Waals surface area contributed by atoms with Crippen LogP contribution in [-0.4, -0.2) is 54.1 Å². The van der Waals surface area contributed by atoms with Crippen molar-refractivity contribution in [2.24, 2.45) is 0 Å². The van der Waals surface area contributed by atoms with Gasteiger partial charge in [0.15, 0.2) is 0 Å². The van der Waals surface area contributed by atoms with Crippen molar-refractivity contribution in [3.63, 3.8) is 0 Å². The van der Waals surface area contributed by atoms with Gasteiger partial charge in [0, 0.05) is 0 Å². The van der Waals surface area contributed by atoms with E-state index in [9.17, 15) is 9.90 Å². The number of carbonyl (C=O) groups excluding carboxylic acids is 1. The van der Waals surface area contributed by atoms with Crippen molar-refractivity contribution in [3.05, 3.63) is 35.8 Å². The summed E-state index contributed by atoms with van der Waals surface area (Å²) in [7, 11) is 1.27. The molecule has 1 aromatic carbocycles. The quantitative estimate of drug-likeness (QED) is 0.273. The number of carbonyl (C=O) groups is 1. The number of aliphatic hydroxyl groups excluding tert-OH is 1. The number of methoxy groups -OCH3 is 1. The smallest absolute Gasteiger partial charge is 0.345 e. The molecule has 152 valence electrons. The number of rotatable bonds is 6. The van der Waals surface area contributed by atoms with Crippen molar-refractivity contribution in [1.29, 1.82) is 0 Å². The molecular weight excluding hydrogens is 392 g/mol. The van der Waals surface area contributed by atoms with E-state index in [1.807, 2.05) is 28.9 Å². The fourth-order valence-electron chi connectivity index (χ4n) is 3.56.